The third kappa shape index (κ3) is 3.76. The number of anilines is 2. The molecule has 0 aliphatic heterocycles. The zero-order valence-electron chi connectivity index (χ0n) is 13.4. The van der Waals surface area contributed by atoms with Crippen LogP contribution in [0.25, 0.3) is 0 Å². The summed E-state index contributed by atoms with van der Waals surface area (Å²) in [4.78, 5) is 12.4. The van der Waals surface area contributed by atoms with Gasteiger partial charge in [-0.15, -0.1) is 21.5 Å². The number of nitrogens with zero attached hydrogens (tertiary/aromatic N) is 2. The number of carbonyl (C=O) groups excluding carboxylic acids is 1. The predicted octanol–water partition coefficient (Wildman–Crippen LogP) is 3.53. The smallest absolute Gasteiger partial charge is 0.271 e. The maximum atomic E-state index is 12.4. The molecule has 0 spiro atoms. The van der Waals surface area contributed by atoms with Crippen LogP contribution in [-0.4, -0.2) is 24.5 Å². The van der Waals surface area contributed by atoms with Crippen molar-refractivity contribution in [3.8, 4) is 0 Å². The third-order valence-electron chi connectivity index (χ3n) is 3.72. The van der Waals surface area contributed by atoms with Crippen LogP contribution < -0.4 is 10.0 Å². The van der Waals surface area contributed by atoms with E-state index in [0.717, 1.165) is 29.2 Å². The van der Waals surface area contributed by atoms with Gasteiger partial charge in [0.15, 0.2) is 0 Å². The van der Waals surface area contributed by atoms with Crippen LogP contribution in [0.4, 0.5) is 10.8 Å². The highest BCUT2D eigenvalue weighted by Gasteiger charge is 2.27. The van der Waals surface area contributed by atoms with E-state index < -0.39 is 10.0 Å². The van der Waals surface area contributed by atoms with E-state index in [0.29, 0.717) is 22.3 Å². The molecule has 1 amide bonds. The van der Waals surface area contributed by atoms with Crippen LogP contribution >= 0.6 is 22.7 Å². The van der Waals surface area contributed by atoms with E-state index in [1.54, 1.807) is 29.6 Å². The molecule has 7 nitrogen and oxygen atoms in total. The summed E-state index contributed by atoms with van der Waals surface area (Å²) in [5.74, 6) is 0.119. The van der Waals surface area contributed by atoms with Gasteiger partial charge in [0.2, 0.25) is 5.13 Å². The molecule has 1 aliphatic carbocycles. The molecule has 2 heterocycles. The van der Waals surface area contributed by atoms with Gasteiger partial charge in [-0.05, 0) is 42.5 Å². The summed E-state index contributed by atoms with van der Waals surface area (Å²) in [5.41, 5.74) is 0.654. The lowest BCUT2D eigenvalue weighted by molar-refractivity contribution is 0.102. The Bertz CT molecular complexity index is 1040. The number of sulfonamides is 1. The molecule has 0 bridgehead atoms. The first-order valence-corrected chi connectivity index (χ1v) is 11.0. The Kier molecular flexibility index (Phi) is 4.47. The summed E-state index contributed by atoms with van der Waals surface area (Å²) in [6.45, 7) is 0. The second-order valence-electron chi connectivity index (χ2n) is 5.79. The molecule has 134 valence electrons. The van der Waals surface area contributed by atoms with E-state index in [1.807, 2.05) is 0 Å². The highest BCUT2D eigenvalue weighted by atomic mass is 32.2. The zero-order valence-corrected chi connectivity index (χ0v) is 15.8. The molecule has 1 saturated carbocycles. The molecule has 0 unspecified atom stereocenters. The Labute approximate surface area is 158 Å². The minimum absolute atomic E-state index is 0.216. The number of hydrogen-bond acceptors (Lipinski definition) is 7. The number of nitrogens with one attached hydrogen (secondary N) is 2. The maximum Gasteiger partial charge on any atom is 0.271 e. The van der Waals surface area contributed by atoms with Crippen molar-refractivity contribution in [1.82, 2.24) is 10.2 Å². The largest absolute Gasteiger partial charge is 0.296 e. The molecule has 2 aromatic heterocycles. The van der Waals surface area contributed by atoms with Crippen LogP contribution in [0.1, 0.15) is 34.1 Å². The molecule has 1 fully saturated rings. The first kappa shape index (κ1) is 17.1. The lowest BCUT2D eigenvalue weighted by Gasteiger charge is -2.08. The molecular formula is C16H14N4O3S3. The van der Waals surface area contributed by atoms with Gasteiger partial charge >= 0.3 is 0 Å². The minimum atomic E-state index is -3.65. The first-order chi connectivity index (χ1) is 12.5. The van der Waals surface area contributed by atoms with Crippen LogP contribution in [0.15, 0.2) is 46.0 Å². The summed E-state index contributed by atoms with van der Waals surface area (Å²) in [6, 6.07) is 9.51. The lowest BCUT2D eigenvalue weighted by Crippen LogP contribution is -2.14. The van der Waals surface area contributed by atoms with E-state index in [-0.39, 0.29) is 10.1 Å². The van der Waals surface area contributed by atoms with Crippen molar-refractivity contribution < 1.29 is 13.2 Å². The van der Waals surface area contributed by atoms with Gasteiger partial charge in [0.05, 0.1) is 0 Å². The molecular weight excluding hydrogens is 392 g/mol. The van der Waals surface area contributed by atoms with Crippen LogP contribution in [0, 0.1) is 0 Å². The molecule has 2 N–H and O–H groups in total. The van der Waals surface area contributed by atoms with Crippen LogP contribution in [-0.2, 0) is 10.0 Å². The third-order valence-corrected chi connectivity index (χ3v) is 7.50. The van der Waals surface area contributed by atoms with E-state index in [9.17, 15) is 13.2 Å². The number of benzene rings is 1. The molecule has 0 saturated heterocycles. The van der Waals surface area contributed by atoms with E-state index in [2.05, 4.69) is 20.2 Å². The number of thiophene rings is 1. The summed E-state index contributed by atoms with van der Waals surface area (Å²) >= 11 is 2.50. The van der Waals surface area contributed by atoms with Gasteiger partial charge in [-0.3, -0.25) is 14.8 Å². The van der Waals surface area contributed by atoms with Crippen LogP contribution in [0.2, 0.25) is 0 Å². The Morgan fingerprint density at radius 3 is 2.73 bits per heavy atom. The minimum Gasteiger partial charge on any atom is -0.296 e. The summed E-state index contributed by atoms with van der Waals surface area (Å²) < 4.78 is 27.3. The number of carbonyl (C=O) groups is 1. The quantitative estimate of drug-likeness (QED) is 0.652. The van der Waals surface area contributed by atoms with E-state index in [4.69, 9.17) is 0 Å². The van der Waals surface area contributed by atoms with Crippen molar-refractivity contribution >= 4 is 49.4 Å². The van der Waals surface area contributed by atoms with Crippen molar-refractivity contribution in [1.29, 1.82) is 0 Å². The fourth-order valence-corrected chi connectivity index (χ4v) is 5.25. The highest BCUT2D eigenvalue weighted by Crippen LogP contribution is 2.42. The average molecular weight is 407 g/mol. The summed E-state index contributed by atoms with van der Waals surface area (Å²) in [7, 11) is -3.65. The highest BCUT2D eigenvalue weighted by molar-refractivity contribution is 7.94. The number of aromatic nitrogens is 2. The normalized spacial score (nSPS) is 14.2. The number of amides is 1. The monoisotopic (exact) mass is 406 g/mol. The number of hydrogen-bond donors (Lipinski definition) is 2. The zero-order chi connectivity index (χ0) is 18.1. The summed E-state index contributed by atoms with van der Waals surface area (Å²) in [6.07, 6.45) is 2.24. The van der Waals surface area contributed by atoms with Crippen molar-refractivity contribution in [2.45, 2.75) is 23.0 Å². The van der Waals surface area contributed by atoms with Crippen molar-refractivity contribution in [2.24, 2.45) is 0 Å². The molecule has 1 aliphatic rings. The topological polar surface area (TPSA) is 101 Å². The van der Waals surface area contributed by atoms with Crippen LogP contribution in [0.5, 0.6) is 0 Å². The molecule has 26 heavy (non-hydrogen) atoms. The molecule has 1 aromatic carbocycles. The van der Waals surface area contributed by atoms with Gasteiger partial charge < -0.3 is 0 Å². The molecule has 0 radical (unpaired) electrons. The van der Waals surface area contributed by atoms with Crippen molar-refractivity contribution in [3.05, 3.63) is 52.3 Å². The standard InChI is InChI=1S/C16H14N4O3S3/c21-14(17-16-19-18-15(25-16)10-6-7-10)11-3-1-4-12(9-11)20-26(22,23)13-5-2-8-24-13/h1-5,8-10,20H,6-7H2,(H,17,19,21). The molecule has 0 atom stereocenters. The second kappa shape index (κ2) is 6.78. The molecule has 3 aromatic rings. The SMILES string of the molecule is O=C(Nc1nnc(C2CC2)s1)c1cccc(NS(=O)(=O)c2cccs2)c1. The van der Waals surface area contributed by atoms with Gasteiger partial charge in [-0.25, -0.2) is 8.42 Å². The van der Waals surface area contributed by atoms with Crippen molar-refractivity contribution in [3.63, 3.8) is 0 Å². The van der Waals surface area contributed by atoms with Crippen molar-refractivity contribution in [2.75, 3.05) is 10.0 Å². The fraction of sp³-hybridized carbons (Fsp3) is 0.188. The van der Waals surface area contributed by atoms with Gasteiger partial charge in [0, 0.05) is 17.2 Å². The Balaban J connectivity index is 1.48. The Morgan fingerprint density at radius 2 is 2.00 bits per heavy atom. The van der Waals surface area contributed by atoms with E-state index >= 15 is 0 Å². The summed E-state index contributed by atoms with van der Waals surface area (Å²) in [5, 5.41) is 13.9. The maximum absolute atomic E-state index is 12.4. The van der Waals surface area contributed by atoms with Gasteiger partial charge in [0.1, 0.15) is 9.22 Å². The fourth-order valence-electron chi connectivity index (χ4n) is 2.30. The molecule has 10 heteroatoms. The predicted molar refractivity (Wildman–Crippen MR) is 101 cm³/mol. The first-order valence-electron chi connectivity index (χ1n) is 7.82. The van der Waals surface area contributed by atoms with Gasteiger partial charge in [-0.1, -0.05) is 23.5 Å². The Morgan fingerprint density at radius 1 is 1.15 bits per heavy atom. The van der Waals surface area contributed by atoms with Gasteiger partial charge in [0.25, 0.3) is 15.9 Å². The number of rotatable bonds is 6. The van der Waals surface area contributed by atoms with Crippen LogP contribution in [0.3, 0.4) is 0 Å². The molecule has 4 rings (SSSR count). The van der Waals surface area contributed by atoms with E-state index in [1.165, 1.54) is 23.5 Å². The van der Waals surface area contributed by atoms with Gasteiger partial charge in [-0.2, -0.15) is 0 Å². The second-order valence-corrected chi connectivity index (χ2v) is 9.66. The Hall–Kier alpha value is -2.30. The average Bonchev–Trinajstić information content (AvgIpc) is 3.10. The lowest BCUT2D eigenvalue weighted by atomic mass is 10.2.